The van der Waals surface area contributed by atoms with Gasteiger partial charge in [-0.1, -0.05) is 109 Å². The molecule has 3 aliphatic rings. The van der Waals surface area contributed by atoms with Gasteiger partial charge in [0.1, 0.15) is 12.1 Å². The summed E-state index contributed by atoms with van der Waals surface area (Å²) < 4.78 is 44.0. The molecule has 10 atom stereocenters. The second-order valence-electron chi connectivity index (χ2n) is 19.2. The number of likely N-dealkylation sites (N-methyl/N-ethyl adjacent to an activating group) is 2. The summed E-state index contributed by atoms with van der Waals surface area (Å²) in [4.78, 5) is 89.1. The van der Waals surface area contributed by atoms with Crippen LogP contribution < -0.4 is 16.0 Å². The largest absolute Gasteiger partial charge is 0.490 e. The van der Waals surface area contributed by atoms with Crippen molar-refractivity contribution in [3.63, 3.8) is 0 Å². The van der Waals surface area contributed by atoms with Gasteiger partial charge in [-0.05, 0) is 67.8 Å². The van der Waals surface area contributed by atoms with Gasteiger partial charge in [0.05, 0.1) is 49.2 Å². The zero-order valence-corrected chi connectivity index (χ0v) is 41.8. The van der Waals surface area contributed by atoms with Crippen LogP contribution in [0.4, 0.5) is 13.2 Å². The Hall–Kier alpha value is -4.95. The lowest BCUT2D eigenvalue weighted by Gasteiger charge is -2.43. The number of carbonyl (C=O) groups excluding carboxylic acids is 5. The van der Waals surface area contributed by atoms with Gasteiger partial charge < -0.3 is 30.1 Å². The molecule has 0 aromatic heterocycles. The number of benzene rings is 2. The number of hydrogen-bond acceptors (Lipinski definition) is 11. The van der Waals surface area contributed by atoms with E-state index in [-0.39, 0.29) is 72.9 Å². The minimum Gasteiger partial charge on any atom is -0.475 e. The van der Waals surface area contributed by atoms with Crippen LogP contribution in [0.2, 0.25) is 0 Å². The summed E-state index contributed by atoms with van der Waals surface area (Å²) in [5.74, 6) is -5.40. The van der Waals surface area contributed by atoms with E-state index >= 15 is 0 Å². The zero-order valence-electron chi connectivity index (χ0n) is 41.8. The molecule has 2 fully saturated rings. The Labute approximate surface area is 404 Å². The van der Waals surface area contributed by atoms with Crippen LogP contribution in [0.25, 0.3) is 0 Å². The lowest BCUT2D eigenvalue weighted by atomic mass is 9.87. The first kappa shape index (κ1) is 56.6. The van der Waals surface area contributed by atoms with E-state index in [0.717, 1.165) is 29.5 Å². The third-order valence-electron chi connectivity index (χ3n) is 13.9. The van der Waals surface area contributed by atoms with E-state index in [1.165, 1.54) is 5.06 Å². The molecule has 0 bridgehead atoms. The molecule has 2 heterocycles. The molecule has 1 saturated carbocycles. The number of rotatable bonds is 20. The van der Waals surface area contributed by atoms with E-state index < -0.39 is 59.8 Å². The minimum atomic E-state index is -5.08. The van der Waals surface area contributed by atoms with Crippen molar-refractivity contribution in [2.45, 2.75) is 148 Å². The monoisotopic (exact) mass is 975 g/mol. The predicted molar refractivity (Wildman–Crippen MR) is 251 cm³/mol. The number of carboxylic acids is 1. The van der Waals surface area contributed by atoms with Crippen LogP contribution in [0.5, 0.6) is 0 Å². The van der Waals surface area contributed by atoms with E-state index in [2.05, 4.69) is 29.8 Å². The van der Waals surface area contributed by atoms with Crippen molar-refractivity contribution in [2.75, 3.05) is 34.9 Å². The van der Waals surface area contributed by atoms with Crippen LogP contribution in [-0.4, -0.2) is 138 Å². The van der Waals surface area contributed by atoms with E-state index in [0.29, 0.717) is 19.4 Å². The number of aliphatic carboxylic acids is 1. The van der Waals surface area contributed by atoms with Gasteiger partial charge in [0.25, 0.3) is 5.91 Å². The van der Waals surface area contributed by atoms with Crippen LogP contribution in [0.15, 0.2) is 54.6 Å². The number of carboxylic acid groups (broad SMARTS) is 1. The molecule has 4 N–H and O–H groups in total. The number of imide groups is 1. The number of hydrogen-bond donors (Lipinski definition) is 4. The molecule has 5 amide bonds. The van der Waals surface area contributed by atoms with Crippen LogP contribution in [0.1, 0.15) is 103 Å². The molecule has 1 aliphatic carbocycles. The normalized spacial score (nSPS) is 22.0. The van der Waals surface area contributed by atoms with Crippen molar-refractivity contribution in [2.24, 2.45) is 23.7 Å². The summed E-state index contributed by atoms with van der Waals surface area (Å²) in [6, 6.07) is 15.7. The van der Waals surface area contributed by atoms with E-state index in [4.69, 9.17) is 24.2 Å². The maximum Gasteiger partial charge on any atom is 0.490 e. The Balaban J connectivity index is 0.00000137. The van der Waals surface area contributed by atoms with Crippen LogP contribution in [0.3, 0.4) is 0 Å². The van der Waals surface area contributed by atoms with Gasteiger partial charge in [-0.3, -0.25) is 39.0 Å². The summed E-state index contributed by atoms with van der Waals surface area (Å²) in [6.07, 6.45) is -3.73. The van der Waals surface area contributed by atoms with Crippen LogP contribution in [-0.2, 0) is 56.2 Å². The van der Waals surface area contributed by atoms with Crippen LogP contribution in [0, 0.1) is 23.7 Å². The number of methoxy groups -OCH3 is 2. The van der Waals surface area contributed by atoms with Gasteiger partial charge in [0, 0.05) is 32.7 Å². The Morgan fingerprint density at radius 2 is 1.51 bits per heavy atom. The molecule has 2 aromatic carbocycles. The molecular weight excluding hydrogens is 902 g/mol. The lowest BCUT2D eigenvalue weighted by Crippen LogP contribution is -2.60. The molecule has 19 heteroatoms. The molecule has 0 spiro atoms. The van der Waals surface area contributed by atoms with Crippen molar-refractivity contribution in [3.05, 3.63) is 71.3 Å². The van der Waals surface area contributed by atoms with E-state index in [9.17, 15) is 37.1 Å². The molecule has 5 rings (SSSR count). The van der Waals surface area contributed by atoms with Gasteiger partial charge in [-0.2, -0.15) is 13.2 Å². The number of halogens is 3. The molecule has 0 radical (unpaired) electrons. The van der Waals surface area contributed by atoms with Gasteiger partial charge in [-0.15, -0.1) is 0 Å². The third kappa shape index (κ3) is 13.7. The van der Waals surface area contributed by atoms with Gasteiger partial charge in [0.2, 0.25) is 23.6 Å². The number of hydroxylamine groups is 2. The number of nitrogens with one attached hydrogen (secondary N) is 3. The summed E-state index contributed by atoms with van der Waals surface area (Å²) in [6.45, 7) is 14.7. The molecule has 16 nitrogen and oxygen atoms in total. The highest BCUT2D eigenvalue weighted by Crippen LogP contribution is 2.53. The van der Waals surface area contributed by atoms with E-state index in [1.807, 2.05) is 99.1 Å². The highest BCUT2D eigenvalue weighted by Gasteiger charge is 2.64. The Kier molecular flexibility index (Phi) is 20.3. The molecule has 69 heavy (non-hydrogen) atoms. The van der Waals surface area contributed by atoms with Gasteiger partial charge in [-0.25, -0.2) is 9.86 Å². The summed E-state index contributed by atoms with van der Waals surface area (Å²) in [5, 5.41) is 17.4. The Bertz CT molecular complexity index is 2080. The molecule has 0 unspecified atom stereocenters. The maximum atomic E-state index is 14.5. The SMILES string of the molecule is CC[C@H](C)[C@@H]([C@@H](CC(=O)N1CCC[C@H]1[C@H](OC)[C@@H](C)C(=O)N[C@@]1(C(=O)N2Cc3ccccc3CO2)C[C@@H]1c1ccccc1)OC)N(C)[C@H](C(=O)NC(=O)[C@@H](NC)C(C)C)C(C)C.O=C(O)C(F)(F)F. The summed E-state index contributed by atoms with van der Waals surface area (Å²) in [7, 11) is 6.73. The molecule has 2 aromatic rings. The quantitative estimate of drug-likeness (QED) is 0.131. The first-order chi connectivity index (χ1) is 32.5. The third-order valence-corrected chi connectivity index (χ3v) is 13.9. The molecule has 384 valence electrons. The van der Waals surface area contributed by atoms with Crippen molar-refractivity contribution < 1.29 is 61.4 Å². The number of likely N-dealkylation sites (tertiary alicyclic amines) is 1. The minimum absolute atomic E-state index is 0.0193. The number of carbonyl (C=O) groups is 6. The molecule has 2 aliphatic heterocycles. The zero-order chi connectivity index (χ0) is 51.5. The standard InChI is InChI=1S/C48H72N6O8.C2HF3O2/c1-12-31(6)42(52(9)41(30(4)5)46(58)50-45(57)40(49-8)29(2)3)38(60-10)25-39(55)53-24-18-23-37(53)43(61-11)32(7)44(56)51-48(26-36(48)33-19-14-13-15-20-33)47(59)54-27-34-21-16-17-22-35(34)28-62-54;3-2(4,5)1(6)7/h13-17,19-22,29-32,36-38,40-43,49H,12,18,23-28H2,1-11H3,(H,51,56)(H,50,57,58);(H,6,7)/t31-,32+,36+,37-,38+,40-,41-,42-,43+,48-;/m0./s1. The summed E-state index contributed by atoms with van der Waals surface area (Å²) in [5.41, 5.74) is 1.78. The predicted octanol–water partition coefficient (Wildman–Crippen LogP) is 5.44. The topological polar surface area (TPSA) is 196 Å². The number of ether oxygens (including phenoxy) is 2. The molecular formula is C50H73F3N6O10. The first-order valence-electron chi connectivity index (χ1n) is 23.8. The number of fused-ring (bicyclic) bond motifs is 1. The molecule has 1 saturated heterocycles. The van der Waals surface area contributed by atoms with Gasteiger partial charge >= 0.3 is 12.1 Å². The van der Waals surface area contributed by atoms with Crippen molar-refractivity contribution >= 4 is 35.5 Å². The lowest BCUT2D eigenvalue weighted by molar-refractivity contribution is -0.204. The smallest absolute Gasteiger partial charge is 0.475 e. The Morgan fingerprint density at radius 3 is 2.04 bits per heavy atom. The maximum absolute atomic E-state index is 14.5. The van der Waals surface area contributed by atoms with E-state index in [1.54, 1.807) is 28.2 Å². The number of nitrogens with zero attached hydrogens (tertiary/aromatic N) is 3. The summed E-state index contributed by atoms with van der Waals surface area (Å²) >= 11 is 0. The second kappa shape index (κ2) is 24.7. The average molecular weight is 975 g/mol. The number of amides is 5. The Morgan fingerprint density at radius 1 is 0.899 bits per heavy atom. The highest BCUT2D eigenvalue weighted by atomic mass is 19.4. The first-order valence-corrected chi connectivity index (χ1v) is 23.8. The van der Waals surface area contributed by atoms with Gasteiger partial charge in [0.15, 0.2) is 0 Å². The highest BCUT2D eigenvalue weighted by molar-refractivity contribution is 6.00. The fourth-order valence-electron chi connectivity index (χ4n) is 10.0. The van der Waals surface area contributed by atoms with Crippen molar-refractivity contribution in [3.8, 4) is 0 Å². The fourth-order valence-corrected chi connectivity index (χ4v) is 10.0. The average Bonchev–Trinajstić information content (AvgIpc) is 3.83. The van der Waals surface area contributed by atoms with Crippen molar-refractivity contribution in [1.82, 2.24) is 30.8 Å². The second-order valence-corrected chi connectivity index (χ2v) is 19.2. The van der Waals surface area contributed by atoms with Crippen LogP contribution >= 0.6 is 0 Å². The van der Waals surface area contributed by atoms with Crippen molar-refractivity contribution in [1.29, 1.82) is 0 Å². The number of alkyl halides is 3. The fraction of sp³-hybridized carbons (Fsp3) is 0.640.